The molecule has 1 atom stereocenters. The molecule has 0 aliphatic carbocycles. The second kappa shape index (κ2) is 3.45. The molecule has 3 heteroatoms. The summed E-state index contributed by atoms with van der Waals surface area (Å²) in [6.07, 6.45) is 4.01. The highest BCUT2D eigenvalue weighted by Crippen LogP contribution is 2.22. The molecule has 2 heterocycles. The second-order valence-corrected chi connectivity index (χ2v) is 4.25. The highest BCUT2D eigenvalue weighted by atomic mass is 15.1. The molecule has 1 aliphatic rings. The minimum atomic E-state index is 0.178. The Morgan fingerprint density at radius 2 is 2.43 bits per heavy atom. The fourth-order valence-electron chi connectivity index (χ4n) is 1.85. The second-order valence-electron chi connectivity index (χ2n) is 4.25. The molecule has 1 aliphatic heterocycles. The lowest BCUT2D eigenvalue weighted by atomic mass is 10.0. The lowest BCUT2D eigenvalue weighted by Gasteiger charge is -2.17. The van der Waals surface area contributed by atoms with Crippen LogP contribution in [0.3, 0.4) is 0 Å². The number of aromatic nitrogens is 2. The third-order valence-corrected chi connectivity index (χ3v) is 2.79. The Hall–Kier alpha value is -1.30. The van der Waals surface area contributed by atoms with Crippen molar-refractivity contribution in [2.24, 2.45) is 5.92 Å². The summed E-state index contributed by atoms with van der Waals surface area (Å²) in [6, 6.07) is 2.33. The number of imidazole rings is 1. The Morgan fingerprint density at radius 3 is 3.07 bits per heavy atom. The first-order valence-corrected chi connectivity index (χ1v) is 5.16. The van der Waals surface area contributed by atoms with E-state index in [2.05, 4.69) is 35.7 Å². The molecular formula is C11H15N3. The Balaban J connectivity index is 2.26. The Kier molecular flexibility index (Phi) is 2.28. The summed E-state index contributed by atoms with van der Waals surface area (Å²) in [5.41, 5.74) is 1.15. The first-order valence-electron chi connectivity index (χ1n) is 5.16. The van der Waals surface area contributed by atoms with Gasteiger partial charge in [0.2, 0.25) is 0 Å². The standard InChI is InChI=1S/C11H15N3/c1-8(2)10-7-14-6-9(5-12)3-4-11(14)13-10/h7-9H,3-4,6H2,1-2H3. The van der Waals surface area contributed by atoms with Gasteiger partial charge in [-0.05, 0) is 12.3 Å². The van der Waals surface area contributed by atoms with E-state index < -0.39 is 0 Å². The molecule has 74 valence electrons. The average Bonchev–Trinajstić information content (AvgIpc) is 2.59. The molecule has 3 nitrogen and oxygen atoms in total. The van der Waals surface area contributed by atoms with Gasteiger partial charge in [0.25, 0.3) is 0 Å². The quantitative estimate of drug-likeness (QED) is 0.678. The van der Waals surface area contributed by atoms with Gasteiger partial charge in [-0.25, -0.2) is 4.98 Å². The molecule has 0 fully saturated rings. The number of nitriles is 1. The minimum Gasteiger partial charge on any atom is -0.333 e. The van der Waals surface area contributed by atoms with Crippen molar-refractivity contribution in [3.05, 3.63) is 17.7 Å². The van der Waals surface area contributed by atoms with Gasteiger partial charge >= 0.3 is 0 Å². The molecule has 0 N–H and O–H groups in total. The van der Waals surface area contributed by atoms with E-state index in [0.717, 1.165) is 30.9 Å². The summed E-state index contributed by atoms with van der Waals surface area (Å²) in [6.45, 7) is 5.12. The molecule has 14 heavy (non-hydrogen) atoms. The maximum atomic E-state index is 8.85. The topological polar surface area (TPSA) is 41.6 Å². The van der Waals surface area contributed by atoms with Crippen molar-refractivity contribution in [2.45, 2.75) is 39.2 Å². The highest BCUT2D eigenvalue weighted by molar-refractivity contribution is 5.11. The molecule has 0 saturated carbocycles. The van der Waals surface area contributed by atoms with Crippen LogP contribution in [0.15, 0.2) is 6.20 Å². The van der Waals surface area contributed by atoms with E-state index in [9.17, 15) is 0 Å². The fraction of sp³-hybridized carbons (Fsp3) is 0.636. The summed E-state index contributed by atoms with van der Waals surface area (Å²) in [4.78, 5) is 4.57. The van der Waals surface area contributed by atoms with E-state index >= 15 is 0 Å². The fourth-order valence-corrected chi connectivity index (χ4v) is 1.85. The average molecular weight is 189 g/mol. The summed E-state index contributed by atoms with van der Waals surface area (Å²) < 4.78 is 2.15. The zero-order chi connectivity index (χ0) is 10.1. The molecule has 2 rings (SSSR count). The Morgan fingerprint density at radius 1 is 1.64 bits per heavy atom. The highest BCUT2D eigenvalue weighted by Gasteiger charge is 2.20. The van der Waals surface area contributed by atoms with Crippen molar-refractivity contribution in [3.8, 4) is 6.07 Å². The van der Waals surface area contributed by atoms with Crippen molar-refractivity contribution in [3.63, 3.8) is 0 Å². The van der Waals surface area contributed by atoms with Gasteiger partial charge in [-0.15, -0.1) is 0 Å². The normalized spacial score (nSPS) is 20.6. The zero-order valence-electron chi connectivity index (χ0n) is 8.70. The van der Waals surface area contributed by atoms with Gasteiger partial charge in [0.05, 0.1) is 17.7 Å². The molecule has 1 aromatic rings. The van der Waals surface area contributed by atoms with Gasteiger partial charge in [0.1, 0.15) is 5.82 Å². The number of rotatable bonds is 1. The van der Waals surface area contributed by atoms with Gasteiger partial charge in [-0.1, -0.05) is 13.8 Å². The molecule has 0 spiro atoms. The van der Waals surface area contributed by atoms with Gasteiger partial charge < -0.3 is 4.57 Å². The van der Waals surface area contributed by atoms with Crippen molar-refractivity contribution in [1.29, 1.82) is 5.26 Å². The van der Waals surface area contributed by atoms with Gasteiger partial charge in [0, 0.05) is 19.2 Å². The first kappa shape index (κ1) is 9.26. The third-order valence-electron chi connectivity index (χ3n) is 2.79. The van der Waals surface area contributed by atoms with E-state index in [1.54, 1.807) is 0 Å². The van der Waals surface area contributed by atoms with Crippen LogP contribution in [0.1, 0.15) is 37.7 Å². The maximum Gasteiger partial charge on any atom is 0.109 e. The monoisotopic (exact) mass is 189 g/mol. The summed E-state index contributed by atoms with van der Waals surface area (Å²) >= 11 is 0. The van der Waals surface area contributed by atoms with E-state index in [-0.39, 0.29) is 5.92 Å². The van der Waals surface area contributed by atoms with Crippen LogP contribution in [0, 0.1) is 17.2 Å². The number of aryl methyl sites for hydroxylation is 1. The van der Waals surface area contributed by atoms with E-state index in [1.807, 2.05) is 0 Å². The van der Waals surface area contributed by atoms with Crippen LogP contribution < -0.4 is 0 Å². The van der Waals surface area contributed by atoms with Crippen molar-refractivity contribution in [2.75, 3.05) is 0 Å². The first-order chi connectivity index (χ1) is 6.70. The number of nitrogens with zero attached hydrogens (tertiary/aromatic N) is 3. The Bertz CT molecular complexity index is 370. The predicted molar refractivity (Wildman–Crippen MR) is 53.7 cm³/mol. The number of fused-ring (bicyclic) bond motifs is 1. The van der Waals surface area contributed by atoms with Crippen molar-refractivity contribution in [1.82, 2.24) is 9.55 Å². The molecule has 1 aromatic heterocycles. The lowest BCUT2D eigenvalue weighted by Crippen LogP contribution is -2.18. The van der Waals surface area contributed by atoms with Gasteiger partial charge in [-0.3, -0.25) is 0 Å². The molecule has 0 bridgehead atoms. The van der Waals surface area contributed by atoms with Crippen LogP contribution >= 0.6 is 0 Å². The van der Waals surface area contributed by atoms with Crippen molar-refractivity contribution < 1.29 is 0 Å². The summed E-state index contributed by atoms with van der Waals surface area (Å²) in [5, 5.41) is 8.85. The largest absolute Gasteiger partial charge is 0.333 e. The molecular weight excluding hydrogens is 174 g/mol. The third kappa shape index (κ3) is 1.52. The van der Waals surface area contributed by atoms with Gasteiger partial charge in [-0.2, -0.15) is 5.26 Å². The van der Waals surface area contributed by atoms with E-state index in [0.29, 0.717) is 5.92 Å². The maximum absolute atomic E-state index is 8.85. The molecule has 0 amide bonds. The smallest absolute Gasteiger partial charge is 0.109 e. The zero-order valence-corrected chi connectivity index (χ0v) is 8.70. The number of hydrogen-bond donors (Lipinski definition) is 0. The van der Waals surface area contributed by atoms with Crippen LogP contribution in [0.25, 0.3) is 0 Å². The summed E-state index contributed by atoms with van der Waals surface area (Å²) in [5.74, 6) is 1.81. The van der Waals surface area contributed by atoms with Crippen LogP contribution in [0.5, 0.6) is 0 Å². The van der Waals surface area contributed by atoms with Crippen LogP contribution in [0.4, 0.5) is 0 Å². The van der Waals surface area contributed by atoms with E-state index in [4.69, 9.17) is 5.26 Å². The molecule has 0 radical (unpaired) electrons. The van der Waals surface area contributed by atoms with Crippen LogP contribution in [-0.2, 0) is 13.0 Å². The van der Waals surface area contributed by atoms with E-state index in [1.165, 1.54) is 0 Å². The van der Waals surface area contributed by atoms with Crippen molar-refractivity contribution >= 4 is 0 Å². The van der Waals surface area contributed by atoms with Crippen LogP contribution in [-0.4, -0.2) is 9.55 Å². The lowest BCUT2D eigenvalue weighted by molar-refractivity contribution is 0.438. The Labute approximate surface area is 84.4 Å². The molecule has 1 unspecified atom stereocenters. The summed E-state index contributed by atoms with van der Waals surface area (Å²) in [7, 11) is 0. The predicted octanol–water partition coefficient (Wildman–Crippen LogP) is 2.09. The minimum absolute atomic E-state index is 0.178. The molecule has 0 aromatic carbocycles. The van der Waals surface area contributed by atoms with Crippen LogP contribution in [0.2, 0.25) is 0 Å². The molecule has 0 saturated heterocycles. The SMILES string of the molecule is CC(C)c1cn2c(n1)CCC(C#N)C2. The number of hydrogen-bond acceptors (Lipinski definition) is 2. The van der Waals surface area contributed by atoms with Gasteiger partial charge in [0.15, 0.2) is 0 Å².